The molecule has 2 atom stereocenters. The van der Waals surface area contributed by atoms with Crippen LogP contribution in [0, 0.1) is 0 Å². The van der Waals surface area contributed by atoms with E-state index in [1.807, 2.05) is 0 Å². The third kappa shape index (κ3) is 7.14. The van der Waals surface area contributed by atoms with Crippen molar-refractivity contribution >= 4 is 23.9 Å². The Kier molecular flexibility index (Phi) is 8.65. The SMILES string of the molecule is CC(O)C(=O)OC(=O)CC(O)(CC(=O)O)C(=O)O.[Zr]. The first kappa shape index (κ1) is 20.2. The Bertz CT molecular complexity index is 378. The minimum Gasteiger partial charge on any atom is -0.481 e. The van der Waals surface area contributed by atoms with Crippen LogP contribution < -0.4 is 0 Å². The van der Waals surface area contributed by atoms with Gasteiger partial charge in [-0.15, -0.1) is 0 Å². The molecule has 0 saturated carbocycles. The molecule has 2 unspecified atom stereocenters. The molecule has 0 spiro atoms. The summed E-state index contributed by atoms with van der Waals surface area (Å²) < 4.78 is 4.00. The third-order valence-corrected chi connectivity index (χ3v) is 1.83. The summed E-state index contributed by atoms with van der Waals surface area (Å²) in [5, 5.41) is 35.2. The van der Waals surface area contributed by atoms with E-state index < -0.39 is 48.4 Å². The van der Waals surface area contributed by atoms with Gasteiger partial charge in [0.05, 0.1) is 12.8 Å². The van der Waals surface area contributed by atoms with E-state index in [0.29, 0.717) is 0 Å². The van der Waals surface area contributed by atoms with Gasteiger partial charge in [-0.1, -0.05) is 0 Å². The Morgan fingerprint density at radius 1 is 1.16 bits per heavy atom. The fourth-order valence-corrected chi connectivity index (χ4v) is 0.936. The van der Waals surface area contributed by atoms with Crippen molar-refractivity contribution in [3.8, 4) is 0 Å². The Hall–Kier alpha value is -1.12. The van der Waals surface area contributed by atoms with E-state index in [4.69, 9.17) is 15.3 Å². The molecule has 19 heavy (non-hydrogen) atoms. The molecule has 10 heteroatoms. The molecule has 0 amide bonds. The van der Waals surface area contributed by atoms with Gasteiger partial charge in [0.2, 0.25) is 0 Å². The summed E-state index contributed by atoms with van der Waals surface area (Å²) in [4.78, 5) is 42.9. The first-order chi connectivity index (χ1) is 8.08. The van der Waals surface area contributed by atoms with Crippen LogP contribution in [0.5, 0.6) is 0 Å². The fourth-order valence-electron chi connectivity index (χ4n) is 0.936. The second-order valence-electron chi connectivity index (χ2n) is 3.55. The zero-order chi connectivity index (χ0) is 14.5. The van der Waals surface area contributed by atoms with E-state index in [-0.39, 0.29) is 26.2 Å². The molecular weight excluding hydrogens is 343 g/mol. The monoisotopic (exact) mass is 354 g/mol. The number of aliphatic carboxylic acids is 2. The maximum absolute atomic E-state index is 11.1. The van der Waals surface area contributed by atoms with Crippen LogP contribution >= 0.6 is 0 Å². The molecule has 0 aromatic heterocycles. The number of aliphatic hydroxyl groups excluding tert-OH is 1. The van der Waals surface area contributed by atoms with E-state index in [1.165, 1.54) is 0 Å². The summed E-state index contributed by atoms with van der Waals surface area (Å²) in [6, 6.07) is 0. The maximum Gasteiger partial charge on any atom is 0.342 e. The van der Waals surface area contributed by atoms with Crippen LogP contribution in [0.4, 0.5) is 0 Å². The number of rotatable bonds is 6. The molecule has 9 nitrogen and oxygen atoms in total. The molecule has 106 valence electrons. The Balaban J connectivity index is 0. The molecule has 0 saturated heterocycles. The van der Waals surface area contributed by atoms with Gasteiger partial charge in [0.1, 0.15) is 6.10 Å². The van der Waals surface area contributed by atoms with Gasteiger partial charge in [0, 0.05) is 26.2 Å². The summed E-state index contributed by atoms with van der Waals surface area (Å²) in [6.45, 7) is 1.01. The van der Waals surface area contributed by atoms with Gasteiger partial charge < -0.3 is 25.2 Å². The molecule has 0 fully saturated rings. The maximum atomic E-state index is 11.1. The van der Waals surface area contributed by atoms with Crippen molar-refractivity contribution in [1.29, 1.82) is 0 Å². The first-order valence-electron chi connectivity index (χ1n) is 4.68. The molecule has 0 aliphatic rings. The third-order valence-electron chi connectivity index (χ3n) is 1.83. The van der Waals surface area contributed by atoms with Crippen molar-refractivity contribution in [2.75, 3.05) is 0 Å². The molecule has 0 aliphatic heterocycles. The Morgan fingerprint density at radius 3 is 1.95 bits per heavy atom. The van der Waals surface area contributed by atoms with Gasteiger partial charge in [-0.2, -0.15) is 0 Å². The van der Waals surface area contributed by atoms with Crippen LogP contribution in [0.15, 0.2) is 0 Å². The summed E-state index contributed by atoms with van der Waals surface area (Å²) in [5.74, 6) is -6.36. The van der Waals surface area contributed by atoms with Crippen molar-refractivity contribution in [2.24, 2.45) is 0 Å². The zero-order valence-electron chi connectivity index (χ0n) is 9.82. The Labute approximate surface area is 126 Å². The number of aliphatic hydroxyl groups is 2. The second kappa shape index (κ2) is 8.13. The first-order valence-corrected chi connectivity index (χ1v) is 4.68. The average molecular weight is 355 g/mol. The standard InChI is InChI=1S/C9H12O9.Zr/c1-4(10)7(14)18-6(13)3-9(17,8(15)16)2-5(11)12;/h4,10,17H,2-3H2,1H3,(H,11,12)(H,15,16);. The molecule has 0 rings (SSSR count). The van der Waals surface area contributed by atoms with Gasteiger partial charge in [0.25, 0.3) is 0 Å². The van der Waals surface area contributed by atoms with Crippen molar-refractivity contribution in [3.05, 3.63) is 0 Å². The van der Waals surface area contributed by atoms with Crippen molar-refractivity contribution in [1.82, 2.24) is 0 Å². The molecule has 0 aromatic carbocycles. The number of carboxylic acid groups (broad SMARTS) is 2. The van der Waals surface area contributed by atoms with Crippen molar-refractivity contribution in [3.63, 3.8) is 0 Å². The number of esters is 2. The fraction of sp³-hybridized carbons (Fsp3) is 0.556. The molecular formula is C9H12O9Zr. The van der Waals surface area contributed by atoms with Gasteiger partial charge >= 0.3 is 23.9 Å². The molecule has 0 radical (unpaired) electrons. The predicted octanol–water partition coefficient (Wildman–Crippen LogP) is -1.88. The van der Waals surface area contributed by atoms with E-state index in [0.717, 1.165) is 6.92 Å². The van der Waals surface area contributed by atoms with E-state index in [1.54, 1.807) is 0 Å². The summed E-state index contributed by atoms with van der Waals surface area (Å²) >= 11 is 0. The largest absolute Gasteiger partial charge is 0.481 e. The van der Waals surface area contributed by atoms with Gasteiger partial charge in [-0.05, 0) is 6.92 Å². The smallest absolute Gasteiger partial charge is 0.342 e. The second-order valence-corrected chi connectivity index (χ2v) is 3.55. The summed E-state index contributed by atoms with van der Waals surface area (Å²) in [5.41, 5.74) is -2.87. The molecule has 0 bridgehead atoms. The van der Waals surface area contributed by atoms with Crippen LogP contribution in [-0.4, -0.2) is 56.0 Å². The number of hydrogen-bond acceptors (Lipinski definition) is 7. The van der Waals surface area contributed by atoms with Crippen LogP contribution in [0.2, 0.25) is 0 Å². The van der Waals surface area contributed by atoms with E-state index in [9.17, 15) is 24.3 Å². The molecule has 0 aromatic rings. The average Bonchev–Trinajstić information content (AvgIpc) is 2.14. The summed E-state index contributed by atoms with van der Waals surface area (Å²) in [6.07, 6.45) is -4.07. The predicted molar refractivity (Wildman–Crippen MR) is 52.2 cm³/mol. The molecule has 4 N–H and O–H groups in total. The zero-order valence-corrected chi connectivity index (χ0v) is 12.3. The van der Waals surface area contributed by atoms with Gasteiger partial charge in [-0.3, -0.25) is 9.59 Å². The number of carbonyl (C=O) groups is 4. The van der Waals surface area contributed by atoms with E-state index >= 15 is 0 Å². The van der Waals surface area contributed by atoms with Crippen molar-refractivity contribution < 1.29 is 70.5 Å². The van der Waals surface area contributed by atoms with Crippen LogP contribution in [-0.2, 0) is 50.1 Å². The van der Waals surface area contributed by atoms with Gasteiger partial charge in [0.15, 0.2) is 5.60 Å². The van der Waals surface area contributed by atoms with E-state index in [2.05, 4.69) is 4.74 Å². The minimum absolute atomic E-state index is 0. The van der Waals surface area contributed by atoms with Crippen LogP contribution in [0.25, 0.3) is 0 Å². The van der Waals surface area contributed by atoms with Crippen LogP contribution in [0.1, 0.15) is 19.8 Å². The number of carbonyl (C=O) groups excluding carboxylic acids is 2. The number of carboxylic acids is 2. The Morgan fingerprint density at radius 2 is 1.63 bits per heavy atom. The van der Waals surface area contributed by atoms with Crippen LogP contribution in [0.3, 0.4) is 0 Å². The summed E-state index contributed by atoms with van der Waals surface area (Å²) in [7, 11) is 0. The normalized spacial score (nSPS) is 14.5. The van der Waals surface area contributed by atoms with Crippen molar-refractivity contribution in [2.45, 2.75) is 31.5 Å². The quantitative estimate of drug-likeness (QED) is 0.316. The number of ether oxygens (including phenoxy) is 1. The molecule has 0 heterocycles. The minimum atomic E-state index is -2.87. The number of hydrogen-bond donors (Lipinski definition) is 4. The topological polar surface area (TPSA) is 158 Å². The van der Waals surface area contributed by atoms with Gasteiger partial charge in [-0.25, -0.2) is 9.59 Å². The molecule has 0 aliphatic carbocycles.